The lowest BCUT2D eigenvalue weighted by Gasteiger charge is -2.30. The Hall–Kier alpha value is -1.88. The van der Waals surface area contributed by atoms with E-state index in [4.69, 9.17) is 4.74 Å². The van der Waals surface area contributed by atoms with Crippen molar-refractivity contribution in [2.45, 2.75) is 12.8 Å². The number of amides is 1. The second-order valence-corrected chi connectivity index (χ2v) is 5.32. The number of likely N-dealkylation sites (tertiary alicyclic amines) is 1. The molecule has 0 aromatic heterocycles. The highest BCUT2D eigenvalue weighted by molar-refractivity contribution is 5.97. The maximum atomic E-state index is 12.2. The molecule has 1 aliphatic rings. The van der Waals surface area contributed by atoms with Crippen LogP contribution in [0.4, 0.5) is 0 Å². The van der Waals surface area contributed by atoms with Crippen LogP contribution in [0.15, 0.2) is 24.3 Å². The number of piperidine rings is 1. The highest BCUT2D eigenvalue weighted by atomic mass is 16.5. The van der Waals surface area contributed by atoms with Crippen molar-refractivity contribution in [3.05, 3.63) is 29.8 Å². The molecule has 5 nitrogen and oxygen atoms in total. The minimum absolute atomic E-state index is 0.0855. The van der Waals surface area contributed by atoms with E-state index in [1.807, 2.05) is 0 Å². The monoisotopic (exact) mass is 290 g/mol. The normalized spacial score (nSPS) is 16.5. The number of carbonyl (C=O) groups excluding carboxylic acids is 2. The van der Waals surface area contributed by atoms with Gasteiger partial charge in [0, 0.05) is 18.5 Å². The fourth-order valence-electron chi connectivity index (χ4n) is 2.63. The van der Waals surface area contributed by atoms with Crippen LogP contribution < -0.4 is 10.1 Å². The number of rotatable bonds is 5. The lowest BCUT2D eigenvalue weighted by molar-refractivity contribution is -0.125. The number of methoxy groups -OCH3 is 1. The summed E-state index contributed by atoms with van der Waals surface area (Å²) in [6, 6.07) is 7.17. The first kappa shape index (κ1) is 15.5. The third-order valence-electron chi connectivity index (χ3n) is 3.98. The predicted molar refractivity (Wildman–Crippen MR) is 80.6 cm³/mol. The van der Waals surface area contributed by atoms with E-state index >= 15 is 0 Å². The molecule has 1 N–H and O–H groups in total. The molecule has 0 aliphatic carbocycles. The van der Waals surface area contributed by atoms with Crippen LogP contribution in [0.5, 0.6) is 5.75 Å². The Kier molecular flexibility index (Phi) is 5.33. The molecule has 1 fully saturated rings. The molecule has 1 heterocycles. The molecule has 0 atom stereocenters. The van der Waals surface area contributed by atoms with Crippen LogP contribution in [0.3, 0.4) is 0 Å². The summed E-state index contributed by atoms with van der Waals surface area (Å²) in [5.74, 6) is 1.05. The van der Waals surface area contributed by atoms with E-state index in [1.165, 1.54) is 0 Å². The number of ether oxygens (including phenoxy) is 1. The smallest absolute Gasteiger partial charge is 0.222 e. The van der Waals surface area contributed by atoms with Crippen molar-refractivity contribution in [3.63, 3.8) is 0 Å². The lowest BCUT2D eigenvalue weighted by Crippen LogP contribution is -2.41. The van der Waals surface area contributed by atoms with Crippen LogP contribution in [0.25, 0.3) is 0 Å². The number of carbonyl (C=O) groups is 2. The van der Waals surface area contributed by atoms with Crippen molar-refractivity contribution in [1.29, 1.82) is 0 Å². The fraction of sp³-hybridized carbons (Fsp3) is 0.500. The summed E-state index contributed by atoms with van der Waals surface area (Å²) in [7, 11) is 3.27. The van der Waals surface area contributed by atoms with E-state index in [1.54, 1.807) is 38.4 Å². The molecule has 0 unspecified atom stereocenters. The zero-order valence-corrected chi connectivity index (χ0v) is 12.6. The lowest BCUT2D eigenvalue weighted by atomic mass is 9.95. The van der Waals surface area contributed by atoms with Gasteiger partial charge in [0.2, 0.25) is 5.91 Å². The van der Waals surface area contributed by atoms with Crippen LogP contribution in [-0.4, -0.2) is 50.4 Å². The number of nitrogens with zero attached hydrogens (tertiary/aromatic N) is 1. The molecule has 0 radical (unpaired) electrons. The third-order valence-corrected chi connectivity index (χ3v) is 3.98. The van der Waals surface area contributed by atoms with Crippen molar-refractivity contribution in [3.8, 4) is 5.75 Å². The quantitative estimate of drug-likeness (QED) is 0.831. The topological polar surface area (TPSA) is 58.6 Å². The molecule has 0 saturated carbocycles. The number of hydrogen-bond acceptors (Lipinski definition) is 4. The summed E-state index contributed by atoms with van der Waals surface area (Å²) in [6.45, 7) is 1.99. The summed E-state index contributed by atoms with van der Waals surface area (Å²) in [5, 5.41) is 2.69. The number of benzene rings is 1. The summed E-state index contributed by atoms with van der Waals surface area (Å²) < 4.78 is 5.08. The Labute approximate surface area is 125 Å². The van der Waals surface area contributed by atoms with Gasteiger partial charge in [-0.3, -0.25) is 14.5 Å². The Morgan fingerprint density at radius 1 is 1.24 bits per heavy atom. The summed E-state index contributed by atoms with van der Waals surface area (Å²) in [4.78, 5) is 25.9. The Morgan fingerprint density at radius 2 is 1.86 bits per heavy atom. The van der Waals surface area contributed by atoms with Crippen molar-refractivity contribution in [2.75, 3.05) is 33.8 Å². The molecule has 114 valence electrons. The molecule has 21 heavy (non-hydrogen) atoms. The third kappa shape index (κ3) is 4.04. The average Bonchev–Trinajstić information content (AvgIpc) is 2.55. The molecule has 1 saturated heterocycles. The van der Waals surface area contributed by atoms with Gasteiger partial charge in [-0.2, -0.15) is 0 Å². The molecular weight excluding hydrogens is 268 g/mol. The minimum atomic E-state index is 0.0855. The van der Waals surface area contributed by atoms with Gasteiger partial charge in [-0.15, -0.1) is 0 Å². The van der Waals surface area contributed by atoms with E-state index in [9.17, 15) is 9.59 Å². The standard InChI is InChI=1S/C16H22N2O3/c1-17-16(20)13-7-9-18(10-8-13)11-15(19)12-3-5-14(21-2)6-4-12/h3-6,13H,7-11H2,1-2H3,(H,17,20). The van der Waals surface area contributed by atoms with Crippen LogP contribution in [0.2, 0.25) is 0 Å². The maximum absolute atomic E-state index is 12.2. The molecule has 5 heteroatoms. The van der Waals surface area contributed by atoms with Gasteiger partial charge in [0.05, 0.1) is 13.7 Å². The number of nitrogens with one attached hydrogen (secondary N) is 1. The van der Waals surface area contributed by atoms with Gasteiger partial charge in [0.25, 0.3) is 0 Å². The van der Waals surface area contributed by atoms with E-state index in [0.717, 1.165) is 31.7 Å². The molecule has 1 aromatic carbocycles. The molecule has 0 bridgehead atoms. The Bertz CT molecular complexity index is 491. The van der Waals surface area contributed by atoms with Crippen LogP contribution in [0, 0.1) is 5.92 Å². The molecule has 1 aliphatic heterocycles. The summed E-state index contributed by atoms with van der Waals surface area (Å²) in [5.41, 5.74) is 0.698. The summed E-state index contributed by atoms with van der Waals surface area (Å²) >= 11 is 0. The van der Waals surface area contributed by atoms with Gasteiger partial charge < -0.3 is 10.1 Å². The predicted octanol–water partition coefficient (Wildman–Crippen LogP) is 1.34. The minimum Gasteiger partial charge on any atom is -0.497 e. The van der Waals surface area contributed by atoms with E-state index in [2.05, 4.69) is 10.2 Å². The Balaban J connectivity index is 1.85. The molecule has 0 spiro atoms. The number of Topliss-reactive ketones (excluding diaryl/α,β-unsaturated/α-hetero) is 1. The first-order valence-corrected chi connectivity index (χ1v) is 7.25. The highest BCUT2D eigenvalue weighted by Gasteiger charge is 2.25. The van der Waals surface area contributed by atoms with Crippen molar-refractivity contribution in [2.24, 2.45) is 5.92 Å². The van der Waals surface area contributed by atoms with Gasteiger partial charge >= 0.3 is 0 Å². The number of hydrogen-bond donors (Lipinski definition) is 1. The zero-order chi connectivity index (χ0) is 15.2. The first-order chi connectivity index (χ1) is 10.1. The SMILES string of the molecule is CNC(=O)C1CCN(CC(=O)c2ccc(OC)cc2)CC1. The van der Waals surface area contributed by atoms with Crippen LogP contribution in [0.1, 0.15) is 23.2 Å². The van der Waals surface area contributed by atoms with E-state index < -0.39 is 0 Å². The Morgan fingerprint density at radius 3 is 2.38 bits per heavy atom. The molecular formula is C16H22N2O3. The van der Waals surface area contributed by atoms with Gasteiger partial charge in [0.15, 0.2) is 5.78 Å². The summed E-state index contributed by atoms with van der Waals surface area (Å²) in [6.07, 6.45) is 1.63. The second-order valence-electron chi connectivity index (χ2n) is 5.32. The molecule has 2 rings (SSSR count). The van der Waals surface area contributed by atoms with E-state index in [-0.39, 0.29) is 17.6 Å². The van der Waals surface area contributed by atoms with E-state index in [0.29, 0.717) is 12.1 Å². The van der Waals surface area contributed by atoms with Crippen molar-refractivity contribution < 1.29 is 14.3 Å². The van der Waals surface area contributed by atoms with Gasteiger partial charge in [-0.25, -0.2) is 0 Å². The number of ketones is 1. The highest BCUT2D eigenvalue weighted by Crippen LogP contribution is 2.18. The zero-order valence-electron chi connectivity index (χ0n) is 12.6. The van der Waals surface area contributed by atoms with Gasteiger partial charge in [-0.05, 0) is 50.2 Å². The second kappa shape index (κ2) is 7.22. The van der Waals surface area contributed by atoms with Crippen LogP contribution in [-0.2, 0) is 4.79 Å². The fourth-order valence-corrected chi connectivity index (χ4v) is 2.63. The first-order valence-electron chi connectivity index (χ1n) is 7.25. The van der Waals surface area contributed by atoms with Crippen molar-refractivity contribution >= 4 is 11.7 Å². The van der Waals surface area contributed by atoms with Gasteiger partial charge in [-0.1, -0.05) is 0 Å². The maximum Gasteiger partial charge on any atom is 0.222 e. The average molecular weight is 290 g/mol. The largest absolute Gasteiger partial charge is 0.497 e. The molecule has 1 amide bonds. The van der Waals surface area contributed by atoms with Crippen LogP contribution >= 0.6 is 0 Å². The van der Waals surface area contributed by atoms with Gasteiger partial charge in [0.1, 0.15) is 5.75 Å². The molecule has 1 aromatic rings. The van der Waals surface area contributed by atoms with Crippen molar-refractivity contribution in [1.82, 2.24) is 10.2 Å².